The lowest BCUT2D eigenvalue weighted by Gasteiger charge is -2.32. The predicted octanol–water partition coefficient (Wildman–Crippen LogP) is 2.15. The summed E-state index contributed by atoms with van der Waals surface area (Å²) in [6.45, 7) is 5.99. The van der Waals surface area contributed by atoms with Gasteiger partial charge in [0.2, 0.25) is 15.9 Å². The summed E-state index contributed by atoms with van der Waals surface area (Å²) in [4.78, 5) is 14.3. The van der Waals surface area contributed by atoms with Crippen molar-refractivity contribution in [1.82, 2.24) is 9.62 Å². The number of amides is 1. The van der Waals surface area contributed by atoms with Gasteiger partial charge in [-0.15, -0.1) is 0 Å². The molecule has 1 amide bonds. The number of piperidine rings is 1. The Kier molecular flexibility index (Phi) is 6.98. The summed E-state index contributed by atoms with van der Waals surface area (Å²) in [5.74, 6) is 0.439. The van der Waals surface area contributed by atoms with Crippen LogP contribution in [0.5, 0.6) is 0 Å². The molecule has 2 rings (SSSR count). The molecule has 0 bridgehead atoms. The zero-order chi connectivity index (χ0) is 18.4. The first-order valence-corrected chi connectivity index (χ1v) is 10.8. The second-order valence-corrected chi connectivity index (χ2v) is 8.72. The third-order valence-electron chi connectivity index (χ3n) is 4.63. The lowest BCUT2D eigenvalue weighted by atomic mass is 9.99. The highest BCUT2D eigenvalue weighted by molar-refractivity contribution is 7.88. The first-order valence-electron chi connectivity index (χ1n) is 8.86. The van der Waals surface area contributed by atoms with E-state index in [2.05, 4.69) is 36.0 Å². The van der Waals surface area contributed by atoms with E-state index in [0.29, 0.717) is 12.5 Å². The summed E-state index contributed by atoms with van der Waals surface area (Å²) in [7, 11) is -3.21. The number of likely N-dealkylation sites (tertiary alicyclic amines) is 1. The maximum absolute atomic E-state index is 12.3. The monoisotopic (exact) mass is 367 g/mol. The standard InChI is InChI=1S/C18H29N3O3S/c1-4-14(2)15-7-9-16(10-8-15)19-18(22)13-21-11-5-6-17(12-21)20-25(3,23)24/h7-10,14,17,20H,4-6,11-13H2,1-3H3,(H,19,22). The highest BCUT2D eigenvalue weighted by atomic mass is 32.2. The number of hydrogen-bond acceptors (Lipinski definition) is 4. The molecule has 2 atom stereocenters. The van der Waals surface area contributed by atoms with Gasteiger partial charge in [0.1, 0.15) is 0 Å². The molecule has 0 aromatic heterocycles. The van der Waals surface area contributed by atoms with Crippen LogP contribution in [0.1, 0.15) is 44.6 Å². The summed E-state index contributed by atoms with van der Waals surface area (Å²) < 4.78 is 25.3. The SMILES string of the molecule is CCC(C)c1ccc(NC(=O)CN2CCCC(NS(C)(=O)=O)C2)cc1. The molecule has 6 nitrogen and oxygen atoms in total. The molecule has 1 saturated heterocycles. The van der Waals surface area contributed by atoms with Crippen molar-refractivity contribution in [1.29, 1.82) is 0 Å². The molecule has 1 aromatic rings. The minimum atomic E-state index is -3.21. The van der Waals surface area contributed by atoms with Gasteiger partial charge in [0.25, 0.3) is 0 Å². The van der Waals surface area contributed by atoms with E-state index in [1.807, 2.05) is 17.0 Å². The number of nitrogens with one attached hydrogen (secondary N) is 2. The van der Waals surface area contributed by atoms with Crippen LogP contribution in [-0.2, 0) is 14.8 Å². The number of hydrogen-bond donors (Lipinski definition) is 2. The third kappa shape index (κ3) is 6.76. The molecular weight excluding hydrogens is 338 g/mol. The van der Waals surface area contributed by atoms with Crippen molar-refractivity contribution in [3.05, 3.63) is 29.8 Å². The fourth-order valence-corrected chi connectivity index (χ4v) is 3.93. The molecule has 0 spiro atoms. The van der Waals surface area contributed by atoms with Crippen molar-refractivity contribution in [2.75, 3.05) is 31.2 Å². The smallest absolute Gasteiger partial charge is 0.238 e. The summed E-state index contributed by atoms with van der Waals surface area (Å²) in [6.07, 6.45) is 3.94. The number of anilines is 1. The Bertz CT molecular complexity index is 673. The van der Waals surface area contributed by atoms with Crippen LogP contribution < -0.4 is 10.0 Å². The van der Waals surface area contributed by atoms with E-state index in [0.717, 1.165) is 31.5 Å². The highest BCUT2D eigenvalue weighted by Gasteiger charge is 2.23. The van der Waals surface area contributed by atoms with Gasteiger partial charge in [-0.2, -0.15) is 0 Å². The number of nitrogens with zero attached hydrogens (tertiary/aromatic N) is 1. The van der Waals surface area contributed by atoms with E-state index in [-0.39, 0.29) is 18.5 Å². The lowest BCUT2D eigenvalue weighted by Crippen LogP contribution is -2.49. The van der Waals surface area contributed by atoms with Gasteiger partial charge >= 0.3 is 0 Å². The van der Waals surface area contributed by atoms with Crippen LogP contribution in [0.25, 0.3) is 0 Å². The maximum atomic E-state index is 12.3. The molecule has 25 heavy (non-hydrogen) atoms. The molecule has 0 aliphatic carbocycles. The summed E-state index contributed by atoms with van der Waals surface area (Å²) in [6, 6.07) is 7.85. The molecule has 140 valence electrons. The Hall–Kier alpha value is -1.44. The second-order valence-electron chi connectivity index (χ2n) is 6.94. The van der Waals surface area contributed by atoms with Gasteiger partial charge < -0.3 is 5.32 Å². The number of carbonyl (C=O) groups excluding carboxylic acids is 1. The first kappa shape index (κ1) is 19.9. The van der Waals surface area contributed by atoms with Crippen LogP contribution in [-0.4, -0.2) is 51.2 Å². The number of sulfonamides is 1. The normalized spacial score (nSPS) is 20.2. The minimum absolute atomic E-state index is 0.0729. The van der Waals surface area contributed by atoms with E-state index < -0.39 is 10.0 Å². The average molecular weight is 368 g/mol. The van der Waals surface area contributed by atoms with Gasteiger partial charge in [0.05, 0.1) is 12.8 Å². The van der Waals surface area contributed by atoms with Crippen LogP contribution in [0.15, 0.2) is 24.3 Å². The molecule has 0 radical (unpaired) electrons. The largest absolute Gasteiger partial charge is 0.325 e. The third-order valence-corrected chi connectivity index (χ3v) is 5.39. The minimum Gasteiger partial charge on any atom is -0.325 e. The van der Waals surface area contributed by atoms with E-state index in [1.165, 1.54) is 11.8 Å². The van der Waals surface area contributed by atoms with Crippen molar-refractivity contribution in [2.45, 2.75) is 45.1 Å². The van der Waals surface area contributed by atoms with Crippen LogP contribution in [0.2, 0.25) is 0 Å². The number of rotatable bonds is 7. The molecule has 1 heterocycles. The second kappa shape index (κ2) is 8.78. The van der Waals surface area contributed by atoms with Crippen LogP contribution in [0.3, 0.4) is 0 Å². The Morgan fingerprint density at radius 2 is 2.00 bits per heavy atom. The van der Waals surface area contributed by atoms with Crippen molar-refractivity contribution in [2.24, 2.45) is 0 Å². The number of benzene rings is 1. The molecular formula is C18H29N3O3S. The lowest BCUT2D eigenvalue weighted by molar-refractivity contribution is -0.117. The van der Waals surface area contributed by atoms with Gasteiger partial charge in [-0.05, 0) is 49.4 Å². The Morgan fingerprint density at radius 1 is 1.32 bits per heavy atom. The van der Waals surface area contributed by atoms with Gasteiger partial charge in [-0.1, -0.05) is 26.0 Å². The topological polar surface area (TPSA) is 78.5 Å². The van der Waals surface area contributed by atoms with E-state index >= 15 is 0 Å². The van der Waals surface area contributed by atoms with Gasteiger partial charge in [-0.25, -0.2) is 13.1 Å². The van der Waals surface area contributed by atoms with Crippen LogP contribution in [0.4, 0.5) is 5.69 Å². The van der Waals surface area contributed by atoms with Gasteiger partial charge in [-0.3, -0.25) is 9.69 Å². The van der Waals surface area contributed by atoms with E-state index in [9.17, 15) is 13.2 Å². The summed E-state index contributed by atoms with van der Waals surface area (Å²) >= 11 is 0. The number of carbonyl (C=O) groups is 1. The molecule has 0 saturated carbocycles. The fraction of sp³-hybridized carbons (Fsp3) is 0.611. The Labute approximate surface area is 151 Å². The average Bonchev–Trinajstić information content (AvgIpc) is 2.53. The van der Waals surface area contributed by atoms with Crippen LogP contribution in [0, 0.1) is 0 Å². The highest BCUT2D eigenvalue weighted by Crippen LogP contribution is 2.20. The van der Waals surface area contributed by atoms with Crippen molar-refractivity contribution < 1.29 is 13.2 Å². The molecule has 1 aliphatic heterocycles. The van der Waals surface area contributed by atoms with Crippen molar-refractivity contribution >= 4 is 21.6 Å². The molecule has 1 aromatic carbocycles. The first-order chi connectivity index (χ1) is 11.8. The van der Waals surface area contributed by atoms with Crippen molar-refractivity contribution in [3.8, 4) is 0 Å². The molecule has 1 aliphatic rings. The summed E-state index contributed by atoms with van der Waals surface area (Å²) in [5, 5.41) is 2.92. The molecule has 2 unspecified atom stereocenters. The zero-order valence-electron chi connectivity index (χ0n) is 15.3. The van der Waals surface area contributed by atoms with E-state index in [1.54, 1.807) is 0 Å². The Morgan fingerprint density at radius 3 is 2.60 bits per heavy atom. The molecule has 1 fully saturated rings. The zero-order valence-corrected chi connectivity index (χ0v) is 16.1. The Balaban J connectivity index is 1.85. The predicted molar refractivity (Wildman–Crippen MR) is 101 cm³/mol. The molecule has 2 N–H and O–H groups in total. The fourth-order valence-electron chi connectivity index (χ4n) is 3.13. The summed E-state index contributed by atoms with van der Waals surface area (Å²) in [5.41, 5.74) is 2.06. The molecule has 7 heteroatoms. The van der Waals surface area contributed by atoms with Gasteiger partial charge in [0.15, 0.2) is 0 Å². The van der Waals surface area contributed by atoms with Crippen molar-refractivity contribution in [3.63, 3.8) is 0 Å². The van der Waals surface area contributed by atoms with Crippen LogP contribution >= 0.6 is 0 Å². The quantitative estimate of drug-likeness (QED) is 0.774. The maximum Gasteiger partial charge on any atom is 0.238 e. The van der Waals surface area contributed by atoms with E-state index in [4.69, 9.17) is 0 Å². The van der Waals surface area contributed by atoms with Gasteiger partial charge in [0, 0.05) is 18.3 Å².